The molecule has 0 N–H and O–H groups in total. The summed E-state index contributed by atoms with van der Waals surface area (Å²) in [4.78, 5) is 0. The molecule has 1 aromatic carbocycles. The molecule has 0 aliphatic rings. The standard InChI is InChI=1S/C8H8BClF3O2/c1-14-5-3-6(9(11,12)13)8(10)7(4-5)15-2/h3-4H,1-2H3/q-1. The van der Waals surface area contributed by atoms with E-state index in [2.05, 4.69) is 0 Å². The lowest BCUT2D eigenvalue weighted by molar-refractivity contribution is 0.394. The Labute approximate surface area is 90.0 Å². The molecule has 0 aliphatic carbocycles. The molecule has 7 heteroatoms. The lowest BCUT2D eigenvalue weighted by Gasteiger charge is -2.19. The summed E-state index contributed by atoms with van der Waals surface area (Å²) in [6, 6.07) is 2.15. The number of methoxy groups -OCH3 is 2. The quantitative estimate of drug-likeness (QED) is 0.754. The van der Waals surface area contributed by atoms with Gasteiger partial charge >= 0.3 is 6.98 Å². The molecule has 1 aromatic rings. The second kappa shape index (κ2) is 4.22. The van der Waals surface area contributed by atoms with Gasteiger partial charge in [-0.05, 0) is 6.07 Å². The Morgan fingerprint density at radius 1 is 1.13 bits per heavy atom. The molecule has 0 unspecified atom stereocenters. The van der Waals surface area contributed by atoms with Crippen LogP contribution in [0.4, 0.5) is 12.9 Å². The first kappa shape index (κ1) is 12.0. The zero-order chi connectivity index (χ0) is 11.6. The second-order valence-electron chi connectivity index (χ2n) is 2.81. The topological polar surface area (TPSA) is 18.5 Å². The normalized spacial score (nSPS) is 11.3. The Balaban J connectivity index is 3.37. The van der Waals surface area contributed by atoms with Crippen molar-refractivity contribution in [2.45, 2.75) is 0 Å². The zero-order valence-electron chi connectivity index (χ0n) is 8.06. The Morgan fingerprint density at radius 2 is 1.73 bits per heavy atom. The Bertz CT molecular complexity index is 368. The maximum Gasteiger partial charge on any atom is 0.511 e. The van der Waals surface area contributed by atoms with Gasteiger partial charge in [-0.3, -0.25) is 0 Å². The maximum atomic E-state index is 12.5. The molecule has 0 amide bonds. The van der Waals surface area contributed by atoms with Crippen LogP contribution in [0.5, 0.6) is 11.5 Å². The van der Waals surface area contributed by atoms with E-state index >= 15 is 0 Å². The van der Waals surface area contributed by atoms with Crippen LogP contribution in [0.15, 0.2) is 12.1 Å². The molecule has 0 atom stereocenters. The fourth-order valence-corrected chi connectivity index (χ4v) is 1.41. The summed E-state index contributed by atoms with van der Waals surface area (Å²) in [5.41, 5.74) is -0.909. The number of rotatable bonds is 3. The minimum absolute atomic E-state index is 0.0507. The highest BCUT2D eigenvalue weighted by atomic mass is 35.5. The van der Waals surface area contributed by atoms with Crippen LogP contribution < -0.4 is 14.9 Å². The molecule has 0 fully saturated rings. The van der Waals surface area contributed by atoms with Crippen LogP contribution in [-0.4, -0.2) is 21.2 Å². The monoisotopic (exact) mass is 239 g/mol. The van der Waals surface area contributed by atoms with E-state index < -0.39 is 17.5 Å². The van der Waals surface area contributed by atoms with Crippen molar-refractivity contribution in [1.82, 2.24) is 0 Å². The minimum Gasteiger partial charge on any atom is -0.497 e. The van der Waals surface area contributed by atoms with Crippen molar-refractivity contribution in [1.29, 1.82) is 0 Å². The molecule has 1 rings (SSSR count). The SMILES string of the molecule is COc1cc(OC)c(Cl)c([B-](F)(F)F)c1. The van der Waals surface area contributed by atoms with Gasteiger partial charge in [0, 0.05) is 6.07 Å². The highest BCUT2D eigenvalue weighted by Crippen LogP contribution is 2.30. The van der Waals surface area contributed by atoms with Crippen molar-refractivity contribution in [2.75, 3.05) is 14.2 Å². The summed E-state index contributed by atoms with van der Waals surface area (Å²) >= 11 is 5.54. The van der Waals surface area contributed by atoms with Gasteiger partial charge in [0.05, 0.1) is 19.2 Å². The fraction of sp³-hybridized carbons (Fsp3) is 0.250. The molecule has 84 valence electrons. The summed E-state index contributed by atoms with van der Waals surface area (Å²) in [6.07, 6.45) is 0. The van der Waals surface area contributed by atoms with E-state index in [1.165, 1.54) is 20.3 Å². The van der Waals surface area contributed by atoms with E-state index in [1.807, 2.05) is 0 Å². The molecule has 0 bridgehead atoms. The van der Waals surface area contributed by atoms with Gasteiger partial charge in [-0.15, -0.1) is 0 Å². The van der Waals surface area contributed by atoms with Crippen LogP contribution in [0, 0.1) is 0 Å². The lowest BCUT2D eigenvalue weighted by atomic mass is 9.80. The van der Waals surface area contributed by atoms with Gasteiger partial charge in [0.2, 0.25) is 0 Å². The number of hydrogen-bond donors (Lipinski definition) is 0. The summed E-state index contributed by atoms with van der Waals surface area (Å²) < 4.78 is 47.1. The molecule has 0 saturated heterocycles. The second-order valence-corrected chi connectivity index (χ2v) is 3.19. The molecule has 0 aromatic heterocycles. The number of benzene rings is 1. The molecule has 0 spiro atoms. The number of ether oxygens (including phenoxy) is 2. The van der Waals surface area contributed by atoms with E-state index in [1.54, 1.807) is 0 Å². The average molecular weight is 239 g/mol. The predicted octanol–water partition coefficient (Wildman–Crippen LogP) is 2.41. The van der Waals surface area contributed by atoms with Crippen molar-refractivity contribution >= 4 is 24.0 Å². The van der Waals surface area contributed by atoms with Crippen LogP contribution in [-0.2, 0) is 0 Å². The molecule has 15 heavy (non-hydrogen) atoms. The molecule has 0 saturated carbocycles. The van der Waals surface area contributed by atoms with Gasteiger partial charge in [0.1, 0.15) is 11.5 Å². The molecule has 0 heterocycles. The van der Waals surface area contributed by atoms with Crippen LogP contribution in [0.3, 0.4) is 0 Å². The third-order valence-electron chi connectivity index (χ3n) is 1.85. The summed E-state index contributed by atoms with van der Waals surface area (Å²) in [5, 5.41) is -0.439. The van der Waals surface area contributed by atoms with E-state index in [0.29, 0.717) is 0 Å². The first-order valence-corrected chi connectivity index (χ1v) is 4.39. The summed E-state index contributed by atoms with van der Waals surface area (Å²) in [7, 11) is 2.52. The third kappa shape index (κ3) is 2.50. The fourth-order valence-electron chi connectivity index (χ4n) is 1.10. The molecular weight excluding hydrogens is 231 g/mol. The van der Waals surface area contributed by atoms with Crippen molar-refractivity contribution in [3.05, 3.63) is 17.2 Å². The van der Waals surface area contributed by atoms with E-state index in [0.717, 1.165) is 6.07 Å². The Hall–Kier alpha value is -1.04. The largest absolute Gasteiger partial charge is 0.511 e. The van der Waals surface area contributed by atoms with Gasteiger partial charge in [0.25, 0.3) is 0 Å². The van der Waals surface area contributed by atoms with Crippen molar-refractivity contribution in [3.8, 4) is 11.5 Å². The smallest absolute Gasteiger partial charge is 0.497 e. The van der Waals surface area contributed by atoms with E-state index in [-0.39, 0.29) is 11.5 Å². The Morgan fingerprint density at radius 3 is 2.13 bits per heavy atom. The van der Waals surface area contributed by atoms with Crippen LogP contribution in [0.1, 0.15) is 0 Å². The first-order chi connectivity index (χ1) is 6.90. The van der Waals surface area contributed by atoms with Gasteiger partial charge in [-0.1, -0.05) is 17.1 Å². The zero-order valence-corrected chi connectivity index (χ0v) is 8.82. The van der Waals surface area contributed by atoms with Crippen molar-refractivity contribution < 1.29 is 22.4 Å². The maximum absolute atomic E-state index is 12.5. The summed E-state index contributed by atoms with van der Waals surface area (Å²) in [5.74, 6) is 0.00988. The number of halogens is 4. The highest BCUT2D eigenvalue weighted by molar-refractivity contribution is 6.76. The first-order valence-electron chi connectivity index (χ1n) is 4.01. The molecule has 2 nitrogen and oxygen atoms in total. The predicted molar refractivity (Wildman–Crippen MR) is 53.3 cm³/mol. The van der Waals surface area contributed by atoms with Gasteiger partial charge < -0.3 is 22.4 Å². The van der Waals surface area contributed by atoms with E-state index in [4.69, 9.17) is 21.1 Å². The Kier molecular flexibility index (Phi) is 3.39. The van der Waals surface area contributed by atoms with Gasteiger partial charge in [-0.25, -0.2) is 0 Å². The third-order valence-corrected chi connectivity index (χ3v) is 2.25. The van der Waals surface area contributed by atoms with Crippen molar-refractivity contribution in [2.24, 2.45) is 0 Å². The van der Waals surface area contributed by atoms with Crippen LogP contribution in [0.2, 0.25) is 5.02 Å². The number of hydrogen-bond acceptors (Lipinski definition) is 2. The van der Waals surface area contributed by atoms with Gasteiger partial charge in [0.15, 0.2) is 0 Å². The highest BCUT2D eigenvalue weighted by Gasteiger charge is 2.30. The van der Waals surface area contributed by atoms with E-state index in [9.17, 15) is 12.9 Å². The van der Waals surface area contributed by atoms with Crippen molar-refractivity contribution in [3.63, 3.8) is 0 Å². The molecule has 0 radical (unpaired) electrons. The summed E-state index contributed by atoms with van der Waals surface area (Å²) in [6.45, 7) is -5.18. The lowest BCUT2D eigenvalue weighted by Crippen LogP contribution is -2.35. The van der Waals surface area contributed by atoms with Gasteiger partial charge in [-0.2, -0.15) is 0 Å². The van der Waals surface area contributed by atoms with Crippen LogP contribution >= 0.6 is 11.6 Å². The minimum atomic E-state index is -5.18. The average Bonchev–Trinajstić information content (AvgIpc) is 2.16. The molecule has 0 aliphatic heterocycles. The van der Waals surface area contributed by atoms with Crippen LogP contribution in [0.25, 0.3) is 0 Å². The molecular formula is C8H8BClF3O2-.